The standard InChI is InChI=1S/C21H21Br2NO3/c1-12(2)15-6-5-13(3)9-18(15)27-8-4-7-24-19-16(20(25)21(24)26)10-14(22)11-17(19)23/h5-6,9-12H,4,7-8H2,1-3H3. The van der Waals surface area contributed by atoms with Crippen LogP contribution in [-0.2, 0) is 4.79 Å². The smallest absolute Gasteiger partial charge is 0.299 e. The summed E-state index contributed by atoms with van der Waals surface area (Å²) in [6.45, 7) is 7.22. The second-order valence-corrected chi connectivity index (χ2v) is 8.74. The van der Waals surface area contributed by atoms with E-state index in [-0.39, 0.29) is 0 Å². The van der Waals surface area contributed by atoms with Gasteiger partial charge in [0.15, 0.2) is 0 Å². The monoisotopic (exact) mass is 493 g/mol. The number of fused-ring (bicyclic) bond motifs is 1. The van der Waals surface area contributed by atoms with E-state index in [0.717, 1.165) is 20.3 Å². The predicted molar refractivity (Wildman–Crippen MR) is 114 cm³/mol. The van der Waals surface area contributed by atoms with Gasteiger partial charge in [0.1, 0.15) is 5.75 Å². The Hall–Kier alpha value is -1.66. The third-order valence-electron chi connectivity index (χ3n) is 4.56. The molecule has 0 bridgehead atoms. The molecule has 1 amide bonds. The zero-order valence-electron chi connectivity index (χ0n) is 15.5. The minimum atomic E-state index is -0.484. The van der Waals surface area contributed by atoms with Crippen LogP contribution in [0.15, 0.2) is 39.3 Å². The average molecular weight is 495 g/mol. The minimum Gasteiger partial charge on any atom is -0.493 e. The molecule has 0 fully saturated rings. The molecule has 0 saturated carbocycles. The number of carbonyl (C=O) groups excluding carboxylic acids is 2. The number of nitrogens with zero attached hydrogens (tertiary/aromatic N) is 1. The third-order valence-corrected chi connectivity index (χ3v) is 5.62. The van der Waals surface area contributed by atoms with Gasteiger partial charge in [0, 0.05) is 15.5 Å². The van der Waals surface area contributed by atoms with Crippen LogP contribution in [0.2, 0.25) is 0 Å². The number of halogens is 2. The van der Waals surface area contributed by atoms with Crippen molar-refractivity contribution in [2.75, 3.05) is 18.1 Å². The molecule has 0 aromatic heterocycles. The lowest BCUT2D eigenvalue weighted by atomic mass is 10.0. The van der Waals surface area contributed by atoms with Gasteiger partial charge in [-0.3, -0.25) is 9.59 Å². The molecule has 2 aromatic rings. The first-order chi connectivity index (χ1) is 12.8. The maximum Gasteiger partial charge on any atom is 0.299 e. The Kier molecular flexibility index (Phi) is 6.06. The van der Waals surface area contributed by atoms with Gasteiger partial charge in [0.25, 0.3) is 11.7 Å². The molecule has 0 N–H and O–H groups in total. The van der Waals surface area contributed by atoms with Gasteiger partial charge in [-0.05, 0) is 64.5 Å². The normalized spacial score (nSPS) is 13.5. The van der Waals surface area contributed by atoms with Crippen molar-refractivity contribution in [3.05, 3.63) is 56.0 Å². The van der Waals surface area contributed by atoms with E-state index < -0.39 is 11.7 Å². The van der Waals surface area contributed by atoms with Crippen molar-refractivity contribution < 1.29 is 14.3 Å². The van der Waals surface area contributed by atoms with Gasteiger partial charge in [-0.25, -0.2) is 0 Å². The second-order valence-electron chi connectivity index (χ2n) is 6.97. The molecule has 1 aliphatic rings. The number of Topliss-reactive ketones (excluding diaryl/α,β-unsaturated/α-hetero) is 1. The fourth-order valence-electron chi connectivity index (χ4n) is 3.21. The molecule has 0 radical (unpaired) electrons. The molecule has 3 rings (SSSR count). The number of benzene rings is 2. The van der Waals surface area contributed by atoms with E-state index >= 15 is 0 Å². The van der Waals surface area contributed by atoms with Crippen molar-refractivity contribution in [2.45, 2.75) is 33.1 Å². The summed E-state index contributed by atoms with van der Waals surface area (Å²) in [5, 5.41) is 0. The van der Waals surface area contributed by atoms with E-state index in [0.29, 0.717) is 36.7 Å². The largest absolute Gasteiger partial charge is 0.493 e. The average Bonchev–Trinajstić information content (AvgIpc) is 2.83. The maximum atomic E-state index is 12.4. The molecule has 1 aliphatic heterocycles. The quantitative estimate of drug-likeness (QED) is 0.385. The Bertz CT molecular complexity index is 909. The number of rotatable bonds is 6. The fraction of sp³-hybridized carbons (Fsp3) is 0.333. The van der Waals surface area contributed by atoms with Crippen LogP contribution >= 0.6 is 31.9 Å². The minimum absolute atomic E-state index is 0.375. The van der Waals surface area contributed by atoms with Crippen LogP contribution in [-0.4, -0.2) is 24.8 Å². The van der Waals surface area contributed by atoms with Crippen molar-refractivity contribution >= 4 is 49.2 Å². The van der Waals surface area contributed by atoms with E-state index in [4.69, 9.17) is 4.74 Å². The van der Waals surface area contributed by atoms with Crippen LogP contribution in [0.3, 0.4) is 0 Å². The van der Waals surface area contributed by atoms with Crippen molar-refractivity contribution in [1.29, 1.82) is 0 Å². The van der Waals surface area contributed by atoms with Gasteiger partial charge in [0.05, 0.1) is 17.9 Å². The third kappa shape index (κ3) is 4.11. The molecule has 142 valence electrons. The number of anilines is 1. The van der Waals surface area contributed by atoms with Crippen molar-refractivity contribution in [2.24, 2.45) is 0 Å². The highest BCUT2D eigenvalue weighted by Gasteiger charge is 2.37. The molecule has 4 nitrogen and oxygen atoms in total. The van der Waals surface area contributed by atoms with E-state index in [1.165, 1.54) is 10.5 Å². The zero-order valence-corrected chi connectivity index (χ0v) is 18.7. The van der Waals surface area contributed by atoms with Crippen molar-refractivity contribution in [1.82, 2.24) is 0 Å². The Morgan fingerprint density at radius 2 is 1.85 bits per heavy atom. The van der Waals surface area contributed by atoms with E-state index in [2.05, 4.69) is 57.8 Å². The molecule has 0 unspecified atom stereocenters. The van der Waals surface area contributed by atoms with Crippen molar-refractivity contribution in [3.63, 3.8) is 0 Å². The number of ether oxygens (including phenoxy) is 1. The van der Waals surface area contributed by atoms with Gasteiger partial charge in [0.2, 0.25) is 0 Å². The fourth-order valence-corrected chi connectivity index (χ4v) is 4.65. The topological polar surface area (TPSA) is 46.6 Å². The lowest BCUT2D eigenvalue weighted by Gasteiger charge is -2.19. The predicted octanol–water partition coefficient (Wildman–Crippen LogP) is 5.64. The molecule has 0 saturated heterocycles. The van der Waals surface area contributed by atoms with Crippen LogP contribution in [0.4, 0.5) is 5.69 Å². The summed E-state index contributed by atoms with van der Waals surface area (Å²) in [4.78, 5) is 26.2. The summed E-state index contributed by atoms with van der Waals surface area (Å²) in [6.07, 6.45) is 0.631. The SMILES string of the molecule is Cc1ccc(C(C)C)c(OCCCN2C(=O)C(=O)c3cc(Br)cc(Br)c32)c1. The maximum absolute atomic E-state index is 12.4. The lowest BCUT2D eigenvalue weighted by molar-refractivity contribution is -0.114. The Morgan fingerprint density at radius 3 is 2.56 bits per heavy atom. The van der Waals surface area contributed by atoms with Crippen LogP contribution in [0, 0.1) is 6.92 Å². The first-order valence-corrected chi connectivity index (χ1v) is 10.5. The Labute approximate surface area is 176 Å². The first-order valence-electron chi connectivity index (χ1n) is 8.88. The molecule has 0 spiro atoms. The number of aryl methyl sites for hydroxylation is 1. The van der Waals surface area contributed by atoms with Crippen LogP contribution < -0.4 is 9.64 Å². The Balaban J connectivity index is 1.68. The summed E-state index contributed by atoms with van der Waals surface area (Å²) in [5.74, 6) is 0.315. The van der Waals surface area contributed by atoms with Gasteiger partial charge in [-0.1, -0.05) is 41.9 Å². The molecule has 6 heteroatoms. The molecule has 1 heterocycles. The summed E-state index contributed by atoms with van der Waals surface area (Å²) >= 11 is 6.83. The number of amides is 1. The van der Waals surface area contributed by atoms with E-state index in [1.54, 1.807) is 6.07 Å². The molecule has 2 aromatic carbocycles. The van der Waals surface area contributed by atoms with E-state index in [1.807, 2.05) is 19.1 Å². The number of ketones is 1. The molecule has 0 atom stereocenters. The number of carbonyl (C=O) groups is 2. The van der Waals surface area contributed by atoms with Crippen molar-refractivity contribution in [3.8, 4) is 5.75 Å². The first kappa shape index (κ1) is 20.1. The van der Waals surface area contributed by atoms with Crippen LogP contribution in [0.1, 0.15) is 47.7 Å². The summed E-state index contributed by atoms with van der Waals surface area (Å²) in [7, 11) is 0. The highest BCUT2D eigenvalue weighted by Crippen LogP contribution is 2.38. The van der Waals surface area contributed by atoms with E-state index in [9.17, 15) is 9.59 Å². The summed E-state index contributed by atoms with van der Waals surface area (Å²) < 4.78 is 7.49. The zero-order chi connectivity index (χ0) is 19.7. The summed E-state index contributed by atoms with van der Waals surface area (Å²) in [5.41, 5.74) is 3.40. The molecular weight excluding hydrogens is 474 g/mol. The second kappa shape index (κ2) is 8.15. The van der Waals surface area contributed by atoms with Crippen LogP contribution in [0.5, 0.6) is 5.75 Å². The van der Waals surface area contributed by atoms with Gasteiger partial charge >= 0.3 is 0 Å². The molecule has 0 aliphatic carbocycles. The lowest BCUT2D eigenvalue weighted by Crippen LogP contribution is -2.31. The molecular formula is C21H21Br2NO3. The highest BCUT2D eigenvalue weighted by atomic mass is 79.9. The van der Waals surface area contributed by atoms with Gasteiger partial charge < -0.3 is 9.64 Å². The van der Waals surface area contributed by atoms with Gasteiger partial charge in [-0.2, -0.15) is 0 Å². The number of hydrogen-bond donors (Lipinski definition) is 0. The number of hydrogen-bond acceptors (Lipinski definition) is 3. The molecule has 27 heavy (non-hydrogen) atoms. The summed E-state index contributed by atoms with van der Waals surface area (Å²) in [6, 6.07) is 9.77. The Morgan fingerprint density at radius 1 is 1.11 bits per heavy atom. The van der Waals surface area contributed by atoms with Gasteiger partial charge in [-0.15, -0.1) is 0 Å². The highest BCUT2D eigenvalue weighted by molar-refractivity contribution is 9.11. The van der Waals surface area contributed by atoms with Crippen LogP contribution in [0.25, 0.3) is 0 Å².